The average molecular weight is 951 g/mol. The third-order valence-electron chi connectivity index (χ3n) is 12.0. The highest BCUT2D eigenvalue weighted by Gasteiger charge is 2.44. The van der Waals surface area contributed by atoms with Crippen molar-refractivity contribution in [1.29, 1.82) is 0 Å². The van der Waals surface area contributed by atoms with Gasteiger partial charge in [-0.2, -0.15) is 5.10 Å². The summed E-state index contributed by atoms with van der Waals surface area (Å²) in [5.41, 5.74) is 8.60. The Bertz CT molecular complexity index is 2450. The molecule has 3 aromatic carbocycles. The number of anilines is 3. The fourth-order valence-corrected chi connectivity index (χ4v) is 10.6. The minimum absolute atomic E-state index is 0.00900. The molecular weight excluding hydrogens is 892 g/mol. The van der Waals surface area contributed by atoms with E-state index >= 15 is 0 Å². The number of pyridine rings is 1. The second-order valence-electron chi connectivity index (χ2n) is 17.8. The predicted molar refractivity (Wildman–Crippen MR) is 264 cm³/mol. The first-order chi connectivity index (χ1) is 32.2. The van der Waals surface area contributed by atoms with Gasteiger partial charge in [-0.1, -0.05) is 33.7 Å². The Labute approximate surface area is 399 Å². The van der Waals surface area contributed by atoms with Gasteiger partial charge in [0.2, 0.25) is 17.7 Å². The van der Waals surface area contributed by atoms with E-state index in [-0.39, 0.29) is 59.0 Å². The molecule has 2 unspecified atom stereocenters. The zero-order valence-corrected chi connectivity index (χ0v) is 40.2. The number of piperazine rings is 1. The lowest BCUT2D eigenvalue weighted by Gasteiger charge is -2.36. The second kappa shape index (κ2) is 22.7. The summed E-state index contributed by atoms with van der Waals surface area (Å²) in [5, 5.41) is 10.1. The Morgan fingerprint density at radius 3 is 2.48 bits per heavy atom. The van der Waals surface area contributed by atoms with Crippen LogP contribution < -0.4 is 30.6 Å². The SMILES string of the molecule is CC(=O)CCCOc1ccc2c(c1)N(C)CC/C2=N\NC(=O)CC(C)(C)SSCCC(=O)N1CCN(c2ccc(C(=O)NCc3ccc(NC(=O)C4CC4c4cccnc4)cc3F)cc2)CC1. The zero-order valence-electron chi connectivity index (χ0n) is 38.5. The molecular formula is C50H59FN8O6S2. The number of nitrogens with zero attached hydrogens (tertiary/aromatic N) is 5. The molecule has 67 heavy (non-hydrogen) atoms. The lowest BCUT2D eigenvalue weighted by Crippen LogP contribution is -2.48. The van der Waals surface area contributed by atoms with Crippen molar-refractivity contribution >= 4 is 73.8 Å². The summed E-state index contributed by atoms with van der Waals surface area (Å²) < 4.78 is 20.5. The number of carbonyl (C=O) groups is 5. The van der Waals surface area contributed by atoms with E-state index < -0.39 is 5.82 Å². The monoisotopic (exact) mass is 950 g/mol. The van der Waals surface area contributed by atoms with E-state index in [1.54, 1.807) is 65.2 Å². The third kappa shape index (κ3) is 13.8. The Hall–Kier alpha value is -5.94. The molecule has 2 fully saturated rings. The van der Waals surface area contributed by atoms with E-state index in [1.165, 1.54) is 6.07 Å². The van der Waals surface area contributed by atoms with Crippen molar-refractivity contribution in [3.05, 3.63) is 113 Å². The van der Waals surface area contributed by atoms with Crippen LogP contribution in [0.15, 0.2) is 90.3 Å². The number of benzene rings is 3. The molecule has 354 valence electrons. The molecule has 1 saturated heterocycles. The molecule has 2 atom stereocenters. The van der Waals surface area contributed by atoms with Crippen LogP contribution in [0.5, 0.6) is 5.75 Å². The van der Waals surface area contributed by atoms with Gasteiger partial charge in [0.05, 0.1) is 12.3 Å². The van der Waals surface area contributed by atoms with E-state index in [0.29, 0.717) is 81.0 Å². The standard InChI is InChI=1S/C50H59FN8O6S2/c1-33(60)7-6-25-65-39-15-16-40-44(17-20-57(4)45(40)28-39)55-56-46(61)30-50(2,3)67-66-26-18-47(62)59-23-21-58(22-24-59)38-13-10-34(11-14-38)48(63)53-32-36-9-12-37(27-43(36)51)54-49(64)42-29-41(42)35-8-5-19-52-31-35/h5,8-16,19,27-28,31,41-42H,6-7,17-18,20-26,29-30,32H2,1-4H3,(H,53,63)(H,54,64)(H,56,61)/b55-44+. The molecule has 1 aliphatic carbocycles. The first-order valence-corrected chi connectivity index (χ1v) is 25.1. The van der Waals surface area contributed by atoms with E-state index in [1.807, 2.05) is 68.3 Å². The highest BCUT2D eigenvalue weighted by molar-refractivity contribution is 8.77. The Balaban J connectivity index is 0.774. The number of ketones is 1. The van der Waals surface area contributed by atoms with Gasteiger partial charge in [-0.25, -0.2) is 9.82 Å². The van der Waals surface area contributed by atoms with E-state index in [0.717, 1.165) is 46.9 Å². The van der Waals surface area contributed by atoms with Crippen LogP contribution in [0, 0.1) is 11.7 Å². The Morgan fingerprint density at radius 2 is 1.75 bits per heavy atom. The predicted octanol–water partition coefficient (Wildman–Crippen LogP) is 7.59. The molecule has 0 radical (unpaired) electrons. The number of carbonyl (C=O) groups excluding carboxylic acids is 5. The fourth-order valence-electron chi connectivity index (χ4n) is 8.16. The van der Waals surface area contributed by atoms with Gasteiger partial charge in [-0.15, -0.1) is 0 Å². The molecule has 0 bridgehead atoms. The van der Waals surface area contributed by atoms with Crippen LogP contribution in [0.2, 0.25) is 0 Å². The highest BCUT2D eigenvalue weighted by atomic mass is 33.1. The smallest absolute Gasteiger partial charge is 0.251 e. The molecule has 1 aromatic heterocycles. The number of hydrogen-bond donors (Lipinski definition) is 3. The van der Waals surface area contributed by atoms with E-state index in [9.17, 15) is 28.4 Å². The number of fused-ring (bicyclic) bond motifs is 1. The summed E-state index contributed by atoms with van der Waals surface area (Å²) in [6.07, 6.45) is 6.71. The number of aromatic nitrogens is 1. The van der Waals surface area contributed by atoms with Crippen molar-refractivity contribution in [2.75, 3.05) is 67.2 Å². The molecule has 17 heteroatoms. The molecule has 3 aliphatic rings. The largest absolute Gasteiger partial charge is 0.494 e. The third-order valence-corrected chi connectivity index (χ3v) is 15.3. The minimum Gasteiger partial charge on any atom is -0.494 e. The average Bonchev–Trinajstić information content (AvgIpc) is 4.13. The van der Waals surface area contributed by atoms with Gasteiger partial charge in [-0.3, -0.25) is 24.2 Å². The fraction of sp³-hybridized carbons (Fsp3) is 0.420. The van der Waals surface area contributed by atoms with Gasteiger partial charge in [-0.05, 0) is 99.7 Å². The summed E-state index contributed by atoms with van der Waals surface area (Å²) in [7, 11) is 5.20. The Morgan fingerprint density at radius 1 is 0.955 bits per heavy atom. The molecule has 3 heterocycles. The maximum absolute atomic E-state index is 15.0. The second-order valence-corrected chi connectivity index (χ2v) is 20.9. The normalized spacial score (nSPS) is 17.4. The molecule has 4 aromatic rings. The number of hydrazone groups is 1. The van der Waals surface area contributed by atoms with Gasteiger partial charge in [0.25, 0.3) is 5.91 Å². The number of nitrogens with one attached hydrogen (secondary N) is 3. The number of amides is 4. The van der Waals surface area contributed by atoms with Crippen molar-refractivity contribution < 1.29 is 33.1 Å². The number of Topliss-reactive ketones (excluding diaryl/α,β-unsaturated/α-hetero) is 1. The van der Waals surface area contributed by atoms with Crippen molar-refractivity contribution in [3.8, 4) is 5.75 Å². The zero-order chi connectivity index (χ0) is 47.5. The summed E-state index contributed by atoms with van der Waals surface area (Å²) in [5.74, 6) is 0.378. The van der Waals surface area contributed by atoms with Gasteiger partial charge < -0.3 is 34.9 Å². The van der Waals surface area contributed by atoms with Gasteiger partial charge in [0.1, 0.15) is 17.3 Å². The van der Waals surface area contributed by atoms with Crippen LogP contribution in [0.1, 0.15) is 92.3 Å². The number of halogens is 1. The molecule has 0 spiro atoms. The molecule has 14 nitrogen and oxygen atoms in total. The van der Waals surface area contributed by atoms with Gasteiger partial charge >= 0.3 is 0 Å². The van der Waals surface area contributed by atoms with Crippen molar-refractivity contribution in [2.24, 2.45) is 11.0 Å². The van der Waals surface area contributed by atoms with Crippen LogP contribution in [-0.2, 0) is 25.7 Å². The molecule has 2 aliphatic heterocycles. The molecule has 3 N–H and O–H groups in total. The first-order valence-electron chi connectivity index (χ1n) is 22.8. The lowest BCUT2D eigenvalue weighted by atomic mass is 10.00. The van der Waals surface area contributed by atoms with Crippen LogP contribution in [0.4, 0.5) is 21.5 Å². The van der Waals surface area contributed by atoms with Crippen molar-refractivity contribution in [1.82, 2.24) is 20.6 Å². The van der Waals surface area contributed by atoms with Crippen LogP contribution >= 0.6 is 21.6 Å². The number of rotatable bonds is 20. The van der Waals surface area contributed by atoms with Gasteiger partial charge in [0, 0.05) is 141 Å². The molecule has 4 amide bonds. The first kappa shape index (κ1) is 49.0. The van der Waals surface area contributed by atoms with Crippen LogP contribution in [0.25, 0.3) is 0 Å². The van der Waals surface area contributed by atoms with Crippen LogP contribution in [0.3, 0.4) is 0 Å². The minimum atomic E-state index is -0.519. The number of ether oxygens (including phenoxy) is 1. The summed E-state index contributed by atoms with van der Waals surface area (Å²) in [4.78, 5) is 73.4. The van der Waals surface area contributed by atoms with Crippen molar-refractivity contribution in [2.45, 2.75) is 76.5 Å². The Kier molecular flexibility index (Phi) is 16.6. The summed E-state index contributed by atoms with van der Waals surface area (Å²) in [6.45, 7) is 9.32. The summed E-state index contributed by atoms with van der Waals surface area (Å²) >= 11 is 0. The molecule has 1 saturated carbocycles. The quantitative estimate of drug-likeness (QED) is 0.0454. The van der Waals surface area contributed by atoms with Crippen LogP contribution in [-0.4, -0.2) is 102 Å². The van der Waals surface area contributed by atoms with E-state index in [4.69, 9.17) is 4.74 Å². The number of hydrogen-bond acceptors (Lipinski definition) is 12. The topological polar surface area (TPSA) is 166 Å². The summed E-state index contributed by atoms with van der Waals surface area (Å²) in [6, 6.07) is 21.4. The molecule has 7 rings (SSSR count). The maximum Gasteiger partial charge on any atom is 0.251 e. The maximum atomic E-state index is 15.0. The van der Waals surface area contributed by atoms with E-state index in [2.05, 4.69) is 35.9 Å². The lowest BCUT2D eigenvalue weighted by molar-refractivity contribution is -0.131. The highest BCUT2D eigenvalue weighted by Crippen LogP contribution is 2.47. The van der Waals surface area contributed by atoms with Crippen molar-refractivity contribution in [3.63, 3.8) is 0 Å². The van der Waals surface area contributed by atoms with Gasteiger partial charge in [0.15, 0.2) is 0 Å².